The Labute approximate surface area is 74.6 Å². The summed E-state index contributed by atoms with van der Waals surface area (Å²) in [6, 6.07) is 2.96. The summed E-state index contributed by atoms with van der Waals surface area (Å²) in [4.78, 5) is 7.10. The molecular formula is C9H9FN2O. The molecule has 1 aromatic heterocycles. The van der Waals surface area contributed by atoms with E-state index in [0.717, 1.165) is 11.3 Å². The maximum atomic E-state index is 13.2. The molecule has 0 bridgehead atoms. The van der Waals surface area contributed by atoms with E-state index < -0.39 is 0 Å². The second kappa shape index (κ2) is 2.73. The summed E-state index contributed by atoms with van der Waals surface area (Å²) in [6.45, 7) is 1.82. The van der Waals surface area contributed by atoms with E-state index in [9.17, 15) is 4.39 Å². The Morgan fingerprint density at radius 2 is 2.23 bits per heavy atom. The summed E-state index contributed by atoms with van der Waals surface area (Å²) in [5, 5.41) is 0. The van der Waals surface area contributed by atoms with Crippen LogP contribution < -0.4 is 4.74 Å². The number of nitrogens with zero attached hydrogens (tertiary/aromatic N) is 1. The summed E-state index contributed by atoms with van der Waals surface area (Å²) < 4.78 is 18.0. The van der Waals surface area contributed by atoms with Crippen LogP contribution >= 0.6 is 0 Å². The van der Waals surface area contributed by atoms with E-state index >= 15 is 0 Å². The van der Waals surface area contributed by atoms with E-state index in [-0.39, 0.29) is 11.6 Å². The molecule has 68 valence electrons. The van der Waals surface area contributed by atoms with Crippen molar-refractivity contribution in [3.63, 3.8) is 0 Å². The summed E-state index contributed by atoms with van der Waals surface area (Å²) in [5.41, 5.74) is 1.41. The largest absolute Gasteiger partial charge is 0.494 e. The molecule has 0 saturated heterocycles. The van der Waals surface area contributed by atoms with Gasteiger partial charge in [-0.2, -0.15) is 0 Å². The van der Waals surface area contributed by atoms with Crippen LogP contribution in [0.3, 0.4) is 0 Å². The fourth-order valence-electron chi connectivity index (χ4n) is 1.30. The predicted octanol–water partition coefficient (Wildman–Crippen LogP) is 2.02. The van der Waals surface area contributed by atoms with Crippen LogP contribution in [0, 0.1) is 12.7 Å². The van der Waals surface area contributed by atoms with Crippen LogP contribution in [0.15, 0.2) is 12.1 Å². The fraction of sp³-hybridized carbons (Fsp3) is 0.222. The highest BCUT2D eigenvalue weighted by molar-refractivity contribution is 5.77. The van der Waals surface area contributed by atoms with Crippen molar-refractivity contribution in [2.45, 2.75) is 6.92 Å². The standard InChI is InChI=1S/C9H9FN2O/c1-5-11-7-3-6(10)9(13-2)4-8(7)12-5/h3-4H,1-2H3,(H,11,12). The molecule has 0 amide bonds. The lowest BCUT2D eigenvalue weighted by molar-refractivity contribution is 0.387. The number of aromatic amines is 1. The van der Waals surface area contributed by atoms with Crippen LogP contribution in [0.4, 0.5) is 4.39 Å². The lowest BCUT2D eigenvalue weighted by Crippen LogP contribution is -1.87. The summed E-state index contributed by atoms with van der Waals surface area (Å²) in [5.74, 6) is 0.611. The number of benzene rings is 1. The van der Waals surface area contributed by atoms with Gasteiger partial charge in [0.25, 0.3) is 0 Å². The van der Waals surface area contributed by atoms with Gasteiger partial charge in [0.05, 0.1) is 18.1 Å². The highest BCUT2D eigenvalue weighted by Crippen LogP contribution is 2.22. The molecular weight excluding hydrogens is 171 g/mol. The van der Waals surface area contributed by atoms with Gasteiger partial charge in [0.1, 0.15) is 5.82 Å². The van der Waals surface area contributed by atoms with Crippen molar-refractivity contribution >= 4 is 11.0 Å². The number of imidazole rings is 1. The molecule has 2 aromatic rings. The van der Waals surface area contributed by atoms with E-state index in [1.54, 1.807) is 6.07 Å². The van der Waals surface area contributed by atoms with Crippen molar-refractivity contribution in [1.29, 1.82) is 0 Å². The molecule has 0 spiro atoms. The van der Waals surface area contributed by atoms with Gasteiger partial charge in [-0.15, -0.1) is 0 Å². The Hall–Kier alpha value is -1.58. The monoisotopic (exact) mass is 180 g/mol. The Kier molecular flexibility index (Phi) is 1.69. The summed E-state index contributed by atoms with van der Waals surface area (Å²) in [6.07, 6.45) is 0. The third kappa shape index (κ3) is 1.24. The predicted molar refractivity (Wildman–Crippen MR) is 47.3 cm³/mol. The molecule has 3 nitrogen and oxygen atoms in total. The zero-order chi connectivity index (χ0) is 9.42. The lowest BCUT2D eigenvalue weighted by Gasteiger charge is -1.99. The molecule has 0 saturated carbocycles. The van der Waals surface area contributed by atoms with Crippen molar-refractivity contribution in [3.8, 4) is 5.75 Å². The quantitative estimate of drug-likeness (QED) is 0.729. The van der Waals surface area contributed by atoms with Gasteiger partial charge < -0.3 is 9.72 Å². The first-order chi connectivity index (χ1) is 6.20. The molecule has 1 N–H and O–H groups in total. The number of aryl methyl sites for hydroxylation is 1. The highest BCUT2D eigenvalue weighted by Gasteiger charge is 2.06. The van der Waals surface area contributed by atoms with Crippen molar-refractivity contribution in [3.05, 3.63) is 23.8 Å². The maximum absolute atomic E-state index is 13.2. The minimum atomic E-state index is -0.376. The number of methoxy groups -OCH3 is 1. The van der Waals surface area contributed by atoms with Crippen LogP contribution in [0.2, 0.25) is 0 Å². The Morgan fingerprint density at radius 1 is 1.46 bits per heavy atom. The van der Waals surface area contributed by atoms with E-state index in [1.165, 1.54) is 13.2 Å². The number of hydrogen-bond acceptors (Lipinski definition) is 2. The van der Waals surface area contributed by atoms with Crippen molar-refractivity contribution in [2.24, 2.45) is 0 Å². The normalized spacial score (nSPS) is 10.7. The molecule has 4 heteroatoms. The lowest BCUT2D eigenvalue weighted by atomic mass is 10.3. The second-order valence-electron chi connectivity index (χ2n) is 2.83. The van der Waals surface area contributed by atoms with Crippen molar-refractivity contribution in [1.82, 2.24) is 9.97 Å². The first kappa shape index (κ1) is 8.04. The first-order valence-electron chi connectivity index (χ1n) is 3.90. The fourth-order valence-corrected chi connectivity index (χ4v) is 1.30. The molecule has 0 unspecified atom stereocenters. The second-order valence-corrected chi connectivity index (χ2v) is 2.83. The molecule has 0 aliphatic heterocycles. The Bertz CT molecular complexity index is 450. The molecule has 0 radical (unpaired) electrons. The molecule has 1 aromatic carbocycles. The minimum absolute atomic E-state index is 0.221. The van der Waals surface area contributed by atoms with Crippen LogP contribution in [-0.4, -0.2) is 17.1 Å². The number of halogens is 1. The minimum Gasteiger partial charge on any atom is -0.494 e. The van der Waals surface area contributed by atoms with Gasteiger partial charge in [0, 0.05) is 12.1 Å². The van der Waals surface area contributed by atoms with Gasteiger partial charge in [0.2, 0.25) is 0 Å². The first-order valence-corrected chi connectivity index (χ1v) is 3.90. The molecule has 0 atom stereocenters. The Balaban J connectivity index is 2.72. The number of aromatic nitrogens is 2. The molecule has 13 heavy (non-hydrogen) atoms. The van der Waals surface area contributed by atoms with Gasteiger partial charge in [0.15, 0.2) is 11.6 Å². The van der Waals surface area contributed by atoms with Gasteiger partial charge >= 0.3 is 0 Å². The number of fused-ring (bicyclic) bond motifs is 1. The topological polar surface area (TPSA) is 37.9 Å². The zero-order valence-electron chi connectivity index (χ0n) is 7.39. The number of rotatable bonds is 1. The van der Waals surface area contributed by atoms with Gasteiger partial charge in [-0.25, -0.2) is 9.37 Å². The summed E-state index contributed by atoms with van der Waals surface area (Å²) in [7, 11) is 1.43. The average molecular weight is 180 g/mol. The third-order valence-electron chi connectivity index (χ3n) is 1.87. The summed E-state index contributed by atoms with van der Waals surface area (Å²) >= 11 is 0. The van der Waals surface area contributed by atoms with Crippen LogP contribution in [-0.2, 0) is 0 Å². The van der Waals surface area contributed by atoms with E-state index in [4.69, 9.17) is 4.74 Å². The van der Waals surface area contributed by atoms with Crippen molar-refractivity contribution < 1.29 is 9.13 Å². The smallest absolute Gasteiger partial charge is 0.167 e. The number of H-pyrrole nitrogens is 1. The van der Waals surface area contributed by atoms with Gasteiger partial charge in [-0.1, -0.05) is 0 Å². The van der Waals surface area contributed by atoms with Gasteiger partial charge in [-0.05, 0) is 6.92 Å². The van der Waals surface area contributed by atoms with E-state index in [2.05, 4.69) is 9.97 Å². The SMILES string of the molecule is COc1cc2nc(C)[nH]c2cc1F. The average Bonchev–Trinajstić information content (AvgIpc) is 2.42. The molecule has 0 aliphatic rings. The number of hydrogen-bond donors (Lipinski definition) is 1. The zero-order valence-corrected chi connectivity index (χ0v) is 7.39. The highest BCUT2D eigenvalue weighted by atomic mass is 19.1. The van der Waals surface area contributed by atoms with Crippen LogP contribution in [0.5, 0.6) is 5.75 Å². The maximum Gasteiger partial charge on any atom is 0.167 e. The number of nitrogens with one attached hydrogen (secondary N) is 1. The van der Waals surface area contributed by atoms with Crippen molar-refractivity contribution in [2.75, 3.05) is 7.11 Å². The van der Waals surface area contributed by atoms with Crippen LogP contribution in [0.1, 0.15) is 5.82 Å². The van der Waals surface area contributed by atoms with Crippen LogP contribution in [0.25, 0.3) is 11.0 Å². The molecule has 1 heterocycles. The molecule has 2 rings (SSSR count). The van der Waals surface area contributed by atoms with E-state index in [1.807, 2.05) is 6.92 Å². The Morgan fingerprint density at radius 3 is 2.92 bits per heavy atom. The molecule has 0 aliphatic carbocycles. The van der Waals surface area contributed by atoms with Gasteiger partial charge in [-0.3, -0.25) is 0 Å². The third-order valence-corrected chi connectivity index (χ3v) is 1.87. The molecule has 0 fully saturated rings. The number of ether oxygens (including phenoxy) is 1. The van der Waals surface area contributed by atoms with E-state index in [0.29, 0.717) is 5.52 Å².